The van der Waals surface area contributed by atoms with Crippen molar-refractivity contribution < 1.29 is 4.74 Å². The van der Waals surface area contributed by atoms with Crippen LogP contribution >= 0.6 is 0 Å². The normalized spacial score (nSPS) is 10.9. The quantitative estimate of drug-likeness (QED) is 0.526. The van der Waals surface area contributed by atoms with Crippen LogP contribution in [-0.4, -0.2) is 24.8 Å². The first kappa shape index (κ1) is 18.6. The van der Waals surface area contributed by atoms with Crippen molar-refractivity contribution in [2.24, 2.45) is 7.05 Å². The van der Waals surface area contributed by atoms with Gasteiger partial charge in [-0.25, -0.2) is 4.79 Å². The molecule has 0 bridgehead atoms. The number of ether oxygens (including phenoxy) is 1. The Kier molecular flexibility index (Phi) is 4.95. The lowest BCUT2D eigenvalue weighted by molar-refractivity contribution is 0.302. The second kappa shape index (κ2) is 7.71. The topological polar surface area (TPSA) is 74.8 Å². The highest BCUT2D eigenvalue weighted by atomic mass is 16.5. The summed E-state index contributed by atoms with van der Waals surface area (Å²) in [6.45, 7) is 4.31. The van der Waals surface area contributed by atoms with E-state index in [-0.39, 0.29) is 5.69 Å². The van der Waals surface area contributed by atoms with Crippen LogP contribution in [0.2, 0.25) is 0 Å². The van der Waals surface area contributed by atoms with Crippen LogP contribution in [0.5, 0.6) is 5.75 Å². The molecule has 2 heterocycles. The number of nitrogens with zero attached hydrogens (tertiary/aromatic N) is 5. The Morgan fingerprint density at radius 3 is 2.52 bits per heavy atom. The molecule has 4 rings (SSSR count). The second-order valence-corrected chi connectivity index (χ2v) is 6.85. The minimum Gasteiger partial charge on any atom is -0.489 e. The van der Waals surface area contributed by atoms with E-state index in [0.717, 1.165) is 33.7 Å². The molecule has 7 heteroatoms. The first-order valence-corrected chi connectivity index (χ1v) is 9.27. The molecule has 7 nitrogen and oxygen atoms in total. The summed E-state index contributed by atoms with van der Waals surface area (Å²) in [5.41, 5.74) is 5.26. The van der Waals surface area contributed by atoms with Crippen LogP contribution in [0.3, 0.4) is 0 Å². The summed E-state index contributed by atoms with van der Waals surface area (Å²) >= 11 is 0. The zero-order chi connectivity index (χ0) is 20.4. The molecule has 0 spiro atoms. The van der Waals surface area contributed by atoms with Crippen molar-refractivity contribution in [3.05, 3.63) is 88.0 Å². The summed E-state index contributed by atoms with van der Waals surface area (Å²) in [7, 11) is 1.57. The summed E-state index contributed by atoms with van der Waals surface area (Å²) in [5.74, 6) is 0.783. The molecule has 0 N–H and O–H groups in total. The number of pyridine rings is 1. The highest BCUT2D eigenvalue weighted by molar-refractivity contribution is 5.61. The molecule has 2 aromatic heterocycles. The maximum Gasteiger partial charge on any atom is 0.368 e. The van der Waals surface area contributed by atoms with Crippen LogP contribution < -0.4 is 10.4 Å². The Morgan fingerprint density at radius 1 is 0.966 bits per heavy atom. The standard InChI is InChI=1S/C22H21N5O2/c1-15-7-6-9-20(27-22(28)26(3)24-25-27)18(15)14-29-21-11-10-17(13-16(21)2)19-8-4-5-12-23-19/h4-13H,14H2,1-3H3. The molecule has 0 unspecified atom stereocenters. The van der Waals surface area contributed by atoms with Gasteiger partial charge >= 0.3 is 5.69 Å². The maximum atomic E-state index is 12.3. The van der Waals surface area contributed by atoms with Crippen LogP contribution in [0.1, 0.15) is 16.7 Å². The fraction of sp³-hybridized carbons (Fsp3) is 0.182. The molecule has 0 saturated carbocycles. The summed E-state index contributed by atoms with van der Waals surface area (Å²) < 4.78 is 8.61. The number of benzene rings is 2. The van der Waals surface area contributed by atoms with E-state index >= 15 is 0 Å². The minimum absolute atomic E-state index is 0.298. The predicted molar refractivity (Wildman–Crippen MR) is 110 cm³/mol. The van der Waals surface area contributed by atoms with Gasteiger partial charge in [-0.15, -0.1) is 0 Å². The van der Waals surface area contributed by atoms with Gasteiger partial charge in [0, 0.05) is 24.4 Å². The third-order valence-corrected chi connectivity index (χ3v) is 4.84. The van der Waals surface area contributed by atoms with Gasteiger partial charge in [-0.3, -0.25) is 4.98 Å². The van der Waals surface area contributed by atoms with Crippen molar-refractivity contribution in [3.63, 3.8) is 0 Å². The lowest BCUT2D eigenvalue weighted by Crippen LogP contribution is -2.23. The van der Waals surface area contributed by atoms with Crippen LogP contribution in [0.4, 0.5) is 0 Å². The highest BCUT2D eigenvalue weighted by Gasteiger charge is 2.14. The molecule has 0 saturated heterocycles. The third kappa shape index (κ3) is 3.67. The summed E-state index contributed by atoms with van der Waals surface area (Å²) in [5, 5.41) is 7.76. The molecule has 4 aromatic rings. The molecule has 0 aliphatic heterocycles. The van der Waals surface area contributed by atoms with Gasteiger partial charge in [0.15, 0.2) is 0 Å². The number of aryl methyl sites for hydroxylation is 3. The van der Waals surface area contributed by atoms with E-state index in [9.17, 15) is 4.79 Å². The average molecular weight is 387 g/mol. The van der Waals surface area contributed by atoms with E-state index in [1.54, 1.807) is 13.2 Å². The molecule has 0 radical (unpaired) electrons. The highest BCUT2D eigenvalue weighted by Crippen LogP contribution is 2.27. The van der Waals surface area contributed by atoms with Crippen molar-refractivity contribution in [2.75, 3.05) is 0 Å². The van der Waals surface area contributed by atoms with E-state index in [2.05, 4.69) is 21.5 Å². The number of tetrazole rings is 1. The molecule has 29 heavy (non-hydrogen) atoms. The van der Waals surface area contributed by atoms with Crippen molar-refractivity contribution in [1.29, 1.82) is 0 Å². The maximum absolute atomic E-state index is 12.3. The largest absolute Gasteiger partial charge is 0.489 e. The van der Waals surface area contributed by atoms with E-state index in [0.29, 0.717) is 12.3 Å². The van der Waals surface area contributed by atoms with Gasteiger partial charge < -0.3 is 4.74 Å². The lowest BCUT2D eigenvalue weighted by atomic mass is 10.1. The minimum atomic E-state index is -0.298. The Hall–Kier alpha value is -3.74. The van der Waals surface area contributed by atoms with Gasteiger partial charge in [0.2, 0.25) is 0 Å². The Morgan fingerprint density at radius 2 is 1.83 bits per heavy atom. The molecule has 146 valence electrons. The molecule has 0 amide bonds. The van der Waals surface area contributed by atoms with Crippen LogP contribution in [0, 0.1) is 13.8 Å². The molecule has 0 fully saturated rings. The molecular weight excluding hydrogens is 366 g/mol. The molecular formula is C22H21N5O2. The molecule has 0 atom stereocenters. The Bertz CT molecular complexity index is 1210. The zero-order valence-electron chi connectivity index (χ0n) is 16.5. The fourth-order valence-electron chi connectivity index (χ4n) is 3.19. The van der Waals surface area contributed by atoms with Crippen molar-refractivity contribution >= 4 is 0 Å². The van der Waals surface area contributed by atoms with E-state index < -0.39 is 0 Å². The Balaban J connectivity index is 1.62. The van der Waals surface area contributed by atoms with Crippen molar-refractivity contribution in [3.8, 4) is 22.7 Å². The second-order valence-electron chi connectivity index (χ2n) is 6.85. The Labute approximate surface area is 168 Å². The van der Waals surface area contributed by atoms with Crippen molar-refractivity contribution in [1.82, 2.24) is 24.8 Å². The van der Waals surface area contributed by atoms with E-state index in [1.165, 1.54) is 9.36 Å². The van der Waals surface area contributed by atoms with Crippen LogP contribution in [-0.2, 0) is 13.7 Å². The SMILES string of the molecule is Cc1cc(-c2ccccn2)ccc1OCc1c(C)cccc1-n1nnn(C)c1=O. The lowest BCUT2D eigenvalue weighted by Gasteiger charge is -2.15. The van der Waals surface area contributed by atoms with Crippen molar-refractivity contribution in [2.45, 2.75) is 20.5 Å². The average Bonchev–Trinajstić information content (AvgIpc) is 3.07. The van der Waals surface area contributed by atoms with E-state index in [1.807, 2.05) is 62.4 Å². The number of hydrogen-bond donors (Lipinski definition) is 0. The number of aromatic nitrogens is 5. The summed E-state index contributed by atoms with van der Waals surface area (Å²) in [4.78, 5) is 16.7. The number of hydrogen-bond acceptors (Lipinski definition) is 5. The summed E-state index contributed by atoms with van der Waals surface area (Å²) in [6, 6.07) is 17.6. The van der Waals surface area contributed by atoms with Gasteiger partial charge in [0.1, 0.15) is 12.4 Å². The predicted octanol–water partition coefficient (Wildman–Crippen LogP) is 3.22. The number of rotatable bonds is 5. The van der Waals surface area contributed by atoms with E-state index in [4.69, 9.17) is 4.74 Å². The van der Waals surface area contributed by atoms with Gasteiger partial charge in [0.25, 0.3) is 0 Å². The zero-order valence-corrected chi connectivity index (χ0v) is 16.5. The third-order valence-electron chi connectivity index (χ3n) is 4.84. The molecule has 0 aliphatic rings. The first-order valence-electron chi connectivity index (χ1n) is 9.27. The summed E-state index contributed by atoms with van der Waals surface area (Å²) in [6.07, 6.45) is 1.78. The smallest absolute Gasteiger partial charge is 0.368 e. The van der Waals surface area contributed by atoms with Gasteiger partial charge in [-0.05, 0) is 71.8 Å². The first-order chi connectivity index (χ1) is 14.0. The monoisotopic (exact) mass is 387 g/mol. The van der Waals surface area contributed by atoms with Crippen LogP contribution in [0.15, 0.2) is 65.6 Å². The van der Waals surface area contributed by atoms with Crippen LogP contribution in [0.25, 0.3) is 16.9 Å². The van der Waals surface area contributed by atoms with Gasteiger partial charge in [-0.1, -0.05) is 18.2 Å². The van der Waals surface area contributed by atoms with Gasteiger partial charge in [0.05, 0.1) is 11.4 Å². The van der Waals surface area contributed by atoms with Gasteiger partial charge in [-0.2, -0.15) is 9.36 Å². The fourth-order valence-corrected chi connectivity index (χ4v) is 3.19. The molecule has 0 aliphatic carbocycles. The molecule has 2 aromatic carbocycles.